The number of amides is 1. The highest BCUT2D eigenvalue weighted by atomic mass is 32.2. The molecule has 1 amide bonds. The molecule has 4 rings (SSSR count). The van der Waals surface area contributed by atoms with Crippen LogP contribution < -0.4 is 10.9 Å². The molecule has 2 aliphatic rings. The number of fused-ring (bicyclic) bond motifs is 1. The normalized spacial score (nSPS) is 18.8. The number of sulfonamides is 1. The van der Waals surface area contributed by atoms with E-state index in [2.05, 4.69) is 10.3 Å². The summed E-state index contributed by atoms with van der Waals surface area (Å²) in [5.41, 5.74) is -1.07. The molecule has 12 heteroatoms. The van der Waals surface area contributed by atoms with Crippen molar-refractivity contribution in [3.8, 4) is 5.75 Å². The molecule has 1 saturated heterocycles. The molecule has 0 aliphatic carbocycles. The van der Waals surface area contributed by atoms with E-state index in [4.69, 9.17) is 4.74 Å². The highest BCUT2D eigenvalue weighted by Crippen LogP contribution is 2.26. The molecule has 31 heavy (non-hydrogen) atoms. The number of carbonyl (C=O) groups excluding carboxylic acids is 1. The van der Waals surface area contributed by atoms with E-state index in [9.17, 15) is 27.5 Å². The molecule has 3 heterocycles. The van der Waals surface area contributed by atoms with E-state index in [-0.39, 0.29) is 36.0 Å². The first kappa shape index (κ1) is 21.4. The van der Waals surface area contributed by atoms with Crippen molar-refractivity contribution in [1.29, 1.82) is 0 Å². The van der Waals surface area contributed by atoms with Crippen LogP contribution >= 0.6 is 0 Å². The zero-order valence-corrected chi connectivity index (χ0v) is 17.5. The Labute approximate surface area is 177 Å². The summed E-state index contributed by atoms with van der Waals surface area (Å²) < 4.78 is 47.1. The Morgan fingerprint density at radius 1 is 1.35 bits per heavy atom. The van der Waals surface area contributed by atoms with Crippen LogP contribution in [0.15, 0.2) is 27.9 Å². The van der Waals surface area contributed by atoms with Crippen molar-refractivity contribution in [3.63, 3.8) is 0 Å². The summed E-state index contributed by atoms with van der Waals surface area (Å²) in [6.07, 6.45) is 0.181. The second-order valence-electron chi connectivity index (χ2n) is 7.33. The molecule has 0 saturated carbocycles. The summed E-state index contributed by atoms with van der Waals surface area (Å²) in [6, 6.07) is 3.28. The highest BCUT2D eigenvalue weighted by molar-refractivity contribution is 7.89. The van der Waals surface area contributed by atoms with E-state index in [1.807, 2.05) is 0 Å². The van der Waals surface area contributed by atoms with Crippen LogP contribution in [0.4, 0.5) is 4.39 Å². The fraction of sp³-hybridized carbons (Fsp3) is 0.421. The quantitative estimate of drug-likeness (QED) is 0.676. The standard InChI is InChI=1S/C19H21FN4O6S/c1-11-17-22-15(16(25)19(27)24(17)7-8-30-11)18(26)21-10-12-3-4-13(20)9-14(12)31(28,29)23-5-2-6-23/h3-4,9,11,25H,2,5-8,10H2,1H3,(H,21,26). The molecular formula is C19H21FN4O6S. The molecule has 10 nitrogen and oxygen atoms in total. The van der Waals surface area contributed by atoms with Gasteiger partial charge in [-0.25, -0.2) is 17.8 Å². The van der Waals surface area contributed by atoms with E-state index in [0.29, 0.717) is 13.1 Å². The average Bonchev–Trinajstić information content (AvgIpc) is 2.68. The van der Waals surface area contributed by atoms with Gasteiger partial charge in [0.25, 0.3) is 11.5 Å². The Morgan fingerprint density at radius 3 is 2.77 bits per heavy atom. The number of carbonyl (C=O) groups is 1. The van der Waals surface area contributed by atoms with Gasteiger partial charge in [0.15, 0.2) is 5.69 Å². The zero-order valence-electron chi connectivity index (χ0n) is 16.7. The lowest BCUT2D eigenvalue weighted by atomic mass is 10.2. The minimum Gasteiger partial charge on any atom is -0.501 e. The minimum absolute atomic E-state index is 0.174. The molecule has 0 radical (unpaired) electrons. The number of rotatable bonds is 5. The van der Waals surface area contributed by atoms with Gasteiger partial charge in [-0.15, -0.1) is 0 Å². The minimum atomic E-state index is -3.90. The molecule has 1 aromatic heterocycles. The number of hydrogen-bond donors (Lipinski definition) is 2. The number of ether oxygens (including phenoxy) is 1. The Balaban J connectivity index is 1.61. The Bertz CT molecular complexity index is 1210. The lowest BCUT2D eigenvalue weighted by Gasteiger charge is -2.30. The van der Waals surface area contributed by atoms with Crippen LogP contribution in [0.3, 0.4) is 0 Å². The first-order chi connectivity index (χ1) is 14.7. The van der Waals surface area contributed by atoms with Crippen molar-refractivity contribution in [2.75, 3.05) is 19.7 Å². The van der Waals surface area contributed by atoms with Crippen molar-refractivity contribution >= 4 is 15.9 Å². The number of aromatic nitrogens is 2. The third kappa shape index (κ3) is 3.82. The smallest absolute Gasteiger partial charge is 0.296 e. The maximum Gasteiger partial charge on any atom is 0.296 e. The fourth-order valence-corrected chi connectivity index (χ4v) is 5.23. The lowest BCUT2D eigenvalue weighted by molar-refractivity contribution is 0.0256. The average molecular weight is 452 g/mol. The summed E-state index contributed by atoms with van der Waals surface area (Å²) in [5, 5.41) is 12.6. The molecule has 1 aromatic carbocycles. The molecule has 166 valence electrons. The zero-order chi connectivity index (χ0) is 22.3. The maximum absolute atomic E-state index is 13.8. The first-order valence-corrected chi connectivity index (χ1v) is 11.2. The Hall–Kier alpha value is -2.83. The predicted molar refractivity (Wildman–Crippen MR) is 105 cm³/mol. The maximum atomic E-state index is 13.8. The number of halogens is 1. The van der Waals surface area contributed by atoms with Crippen LogP contribution in [-0.4, -0.2) is 53.0 Å². The summed E-state index contributed by atoms with van der Waals surface area (Å²) >= 11 is 0. The van der Waals surface area contributed by atoms with Crippen molar-refractivity contribution < 1.29 is 27.4 Å². The molecule has 0 spiro atoms. The monoisotopic (exact) mass is 452 g/mol. The number of hydrogen-bond acceptors (Lipinski definition) is 7. The fourth-order valence-electron chi connectivity index (χ4n) is 3.48. The molecule has 1 fully saturated rings. The number of aromatic hydroxyl groups is 1. The van der Waals surface area contributed by atoms with Crippen molar-refractivity contribution in [2.45, 2.75) is 37.4 Å². The Kier molecular flexibility index (Phi) is 5.54. The van der Waals surface area contributed by atoms with Crippen molar-refractivity contribution in [3.05, 3.63) is 51.5 Å². The number of nitrogens with one attached hydrogen (secondary N) is 1. The molecule has 1 unspecified atom stereocenters. The van der Waals surface area contributed by atoms with Crippen LogP contribution in [0.25, 0.3) is 0 Å². The van der Waals surface area contributed by atoms with Gasteiger partial charge >= 0.3 is 0 Å². The van der Waals surface area contributed by atoms with Gasteiger partial charge in [-0.05, 0) is 31.0 Å². The van der Waals surface area contributed by atoms with Gasteiger partial charge in [0.2, 0.25) is 15.8 Å². The van der Waals surface area contributed by atoms with Crippen LogP contribution in [0.1, 0.15) is 41.3 Å². The van der Waals surface area contributed by atoms with E-state index < -0.39 is 44.9 Å². The summed E-state index contributed by atoms with van der Waals surface area (Å²) in [4.78, 5) is 28.9. The summed E-state index contributed by atoms with van der Waals surface area (Å²) in [5.74, 6) is -2.18. The summed E-state index contributed by atoms with van der Waals surface area (Å²) in [7, 11) is -3.90. The number of benzene rings is 1. The predicted octanol–water partition coefficient (Wildman–Crippen LogP) is 0.504. The van der Waals surface area contributed by atoms with E-state index >= 15 is 0 Å². The molecule has 0 bridgehead atoms. The summed E-state index contributed by atoms with van der Waals surface area (Å²) in [6.45, 7) is 2.58. The second kappa shape index (κ2) is 8.02. The van der Waals surface area contributed by atoms with Crippen molar-refractivity contribution in [2.24, 2.45) is 0 Å². The topological polar surface area (TPSA) is 131 Å². The third-order valence-electron chi connectivity index (χ3n) is 5.34. The SMILES string of the molecule is CC1OCCn2c1nc(C(=O)NCc1ccc(F)cc1S(=O)(=O)N1CCC1)c(O)c2=O. The van der Waals surface area contributed by atoms with Gasteiger partial charge in [0.1, 0.15) is 17.7 Å². The number of nitrogens with zero attached hydrogens (tertiary/aromatic N) is 3. The van der Waals surface area contributed by atoms with Gasteiger partial charge < -0.3 is 15.2 Å². The van der Waals surface area contributed by atoms with Crippen LogP contribution in [0.5, 0.6) is 5.75 Å². The largest absolute Gasteiger partial charge is 0.501 e. The van der Waals surface area contributed by atoms with Crippen LogP contribution in [0, 0.1) is 5.82 Å². The lowest BCUT2D eigenvalue weighted by Crippen LogP contribution is -2.42. The van der Waals surface area contributed by atoms with Gasteiger partial charge in [0.05, 0.1) is 18.0 Å². The molecule has 1 atom stereocenters. The van der Waals surface area contributed by atoms with Gasteiger partial charge in [-0.2, -0.15) is 4.31 Å². The van der Waals surface area contributed by atoms with Crippen LogP contribution in [-0.2, 0) is 27.8 Å². The van der Waals surface area contributed by atoms with Crippen molar-refractivity contribution in [1.82, 2.24) is 19.2 Å². The van der Waals surface area contributed by atoms with Gasteiger partial charge in [-0.3, -0.25) is 14.2 Å². The molecular weight excluding hydrogens is 431 g/mol. The molecule has 2 aromatic rings. The van der Waals surface area contributed by atoms with Gasteiger partial charge in [0, 0.05) is 19.6 Å². The first-order valence-electron chi connectivity index (χ1n) is 9.72. The van der Waals surface area contributed by atoms with E-state index in [1.165, 1.54) is 14.9 Å². The van der Waals surface area contributed by atoms with Gasteiger partial charge in [-0.1, -0.05) is 6.07 Å². The van der Waals surface area contributed by atoms with Crippen LogP contribution in [0.2, 0.25) is 0 Å². The molecule has 2 N–H and O–H groups in total. The van der Waals surface area contributed by atoms with E-state index in [1.54, 1.807) is 6.92 Å². The molecule has 2 aliphatic heterocycles. The third-order valence-corrected chi connectivity index (χ3v) is 7.32. The van der Waals surface area contributed by atoms with E-state index in [0.717, 1.165) is 18.6 Å². The highest BCUT2D eigenvalue weighted by Gasteiger charge is 2.32. The second-order valence-corrected chi connectivity index (χ2v) is 9.24. The Morgan fingerprint density at radius 2 is 2.10 bits per heavy atom.